The summed E-state index contributed by atoms with van der Waals surface area (Å²) in [6.45, 7) is 2.43. The highest BCUT2D eigenvalue weighted by Crippen LogP contribution is 2.38. The van der Waals surface area contributed by atoms with Gasteiger partial charge in [0.05, 0.1) is 5.02 Å². The summed E-state index contributed by atoms with van der Waals surface area (Å²) in [5.41, 5.74) is 0.879. The van der Waals surface area contributed by atoms with Crippen molar-refractivity contribution in [3.8, 4) is 0 Å². The van der Waals surface area contributed by atoms with Crippen molar-refractivity contribution in [3.63, 3.8) is 0 Å². The highest BCUT2D eigenvalue weighted by molar-refractivity contribution is 7.89. The molecular formula is C14H17ClN2O3S. The van der Waals surface area contributed by atoms with Gasteiger partial charge < -0.3 is 4.90 Å². The molecule has 2 bridgehead atoms. The Balaban J connectivity index is 1.99. The first kappa shape index (κ1) is 14.8. The van der Waals surface area contributed by atoms with Gasteiger partial charge in [0, 0.05) is 18.2 Å². The summed E-state index contributed by atoms with van der Waals surface area (Å²) in [7, 11) is -3.95. The number of carbonyl (C=O) groups is 1. The molecule has 0 spiro atoms. The molecule has 1 aliphatic heterocycles. The molecule has 21 heavy (non-hydrogen) atoms. The lowest BCUT2D eigenvalue weighted by molar-refractivity contribution is 0.0703. The third kappa shape index (κ3) is 2.56. The van der Waals surface area contributed by atoms with E-state index in [1.54, 1.807) is 13.0 Å². The average molecular weight is 329 g/mol. The number of primary sulfonamides is 1. The van der Waals surface area contributed by atoms with Gasteiger partial charge in [-0.2, -0.15) is 0 Å². The van der Waals surface area contributed by atoms with Crippen molar-refractivity contribution in [2.75, 3.05) is 6.54 Å². The van der Waals surface area contributed by atoms with E-state index in [0.717, 1.165) is 19.4 Å². The second-order valence-electron chi connectivity index (χ2n) is 5.94. The fourth-order valence-corrected chi connectivity index (χ4v) is 4.54. The van der Waals surface area contributed by atoms with Crippen LogP contribution in [0.15, 0.2) is 17.0 Å². The lowest BCUT2D eigenvalue weighted by Gasteiger charge is -2.27. The second kappa shape index (κ2) is 4.97. The van der Waals surface area contributed by atoms with Gasteiger partial charge in [-0.1, -0.05) is 11.6 Å². The quantitative estimate of drug-likeness (QED) is 0.900. The molecule has 3 rings (SSSR count). The van der Waals surface area contributed by atoms with Gasteiger partial charge in [0.1, 0.15) is 4.90 Å². The summed E-state index contributed by atoms with van der Waals surface area (Å²) >= 11 is 5.99. The molecule has 2 N–H and O–H groups in total. The number of benzene rings is 1. The van der Waals surface area contributed by atoms with E-state index in [1.807, 2.05) is 4.90 Å². The van der Waals surface area contributed by atoms with Crippen LogP contribution in [0.5, 0.6) is 0 Å². The largest absolute Gasteiger partial charge is 0.335 e. The molecule has 1 aromatic carbocycles. The van der Waals surface area contributed by atoms with Gasteiger partial charge in [0.15, 0.2) is 0 Å². The number of amides is 1. The predicted molar refractivity (Wildman–Crippen MR) is 79.7 cm³/mol. The van der Waals surface area contributed by atoms with E-state index in [9.17, 15) is 13.2 Å². The Morgan fingerprint density at radius 2 is 2.10 bits per heavy atom. The van der Waals surface area contributed by atoms with E-state index >= 15 is 0 Å². The van der Waals surface area contributed by atoms with Crippen LogP contribution in [0.1, 0.15) is 35.2 Å². The average Bonchev–Trinajstić information content (AvgIpc) is 3.01. The van der Waals surface area contributed by atoms with E-state index in [0.29, 0.717) is 17.0 Å². The second-order valence-corrected chi connectivity index (χ2v) is 7.85. The van der Waals surface area contributed by atoms with Crippen molar-refractivity contribution >= 4 is 27.5 Å². The molecule has 114 valence electrons. The summed E-state index contributed by atoms with van der Waals surface area (Å²) in [4.78, 5) is 14.3. The van der Waals surface area contributed by atoms with Crippen LogP contribution >= 0.6 is 11.6 Å². The number of hydrogen-bond acceptors (Lipinski definition) is 3. The normalized spacial score (nSPS) is 24.6. The highest BCUT2D eigenvalue weighted by atomic mass is 35.5. The third-order valence-corrected chi connectivity index (χ3v) is 5.99. The maximum Gasteiger partial charge on any atom is 0.254 e. The van der Waals surface area contributed by atoms with Crippen LogP contribution in [-0.4, -0.2) is 31.8 Å². The number of rotatable bonds is 2. The molecule has 1 aromatic rings. The van der Waals surface area contributed by atoms with Crippen molar-refractivity contribution in [1.29, 1.82) is 0 Å². The maximum absolute atomic E-state index is 12.6. The Morgan fingerprint density at radius 3 is 2.62 bits per heavy atom. The number of halogens is 1. The zero-order chi connectivity index (χ0) is 15.4. The Hall–Kier alpha value is -1.11. The first-order valence-electron chi connectivity index (χ1n) is 6.91. The van der Waals surface area contributed by atoms with E-state index in [4.69, 9.17) is 16.7 Å². The molecule has 2 atom stereocenters. The summed E-state index contributed by atoms with van der Waals surface area (Å²) in [6, 6.07) is 3.21. The van der Waals surface area contributed by atoms with Crippen LogP contribution in [0.2, 0.25) is 5.02 Å². The molecule has 1 saturated carbocycles. The smallest absolute Gasteiger partial charge is 0.254 e. The van der Waals surface area contributed by atoms with Crippen LogP contribution in [0, 0.1) is 12.8 Å². The van der Waals surface area contributed by atoms with Crippen LogP contribution in [0.4, 0.5) is 0 Å². The minimum absolute atomic E-state index is 0.0805. The van der Waals surface area contributed by atoms with Gasteiger partial charge in [-0.25, -0.2) is 13.6 Å². The van der Waals surface area contributed by atoms with Crippen LogP contribution in [0.25, 0.3) is 0 Å². The summed E-state index contributed by atoms with van der Waals surface area (Å²) < 4.78 is 23.2. The lowest BCUT2D eigenvalue weighted by Crippen LogP contribution is -2.37. The van der Waals surface area contributed by atoms with Crippen molar-refractivity contribution in [2.24, 2.45) is 11.1 Å². The molecule has 7 heteroatoms. The van der Waals surface area contributed by atoms with Gasteiger partial charge in [-0.05, 0) is 49.8 Å². The van der Waals surface area contributed by atoms with Crippen LogP contribution in [-0.2, 0) is 10.0 Å². The summed E-state index contributed by atoms with van der Waals surface area (Å²) in [6.07, 6.45) is 3.27. The number of likely N-dealkylation sites (tertiary alicyclic amines) is 1. The molecule has 2 aliphatic rings. The van der Waals surface area contributed by atoms with Crippen molar-refractivity contribution < 1.29 is 13.2 Å². The highest BCUT2D eigenvalue weighted by Gasteiger charge is 2.40. The van der Waals surface area contributed by atoms with E-state index in [-0.39, 0.29) is 21.9 Å². The molecule has 1 heterocycles. The molecule has 1 amide bonds. The maximum atomic E-state index is 12.6. The molecule has 1 saturated heterocycles. The molecular weight excluding hydrogens is 312 g/mol. The predicted octanol–water partition coefficient (Wildman–Crippen LogP) is 1.92. The van der Waals surface area contributed by atoms with Gasteiger partial charge in [0.2, 0.25) is 10.0 Å². The number of sulfonamides is 1. The Morgan fingerprint density at radius 1 is 1.38 bits per heavy atom. The van der Waals surface area contributed by atoms with Gasteiger partial charge in [0.25, 0.3) is 5.91 Å². The number of nitrogens with zero attached hydrogens (tertiary/aromatic N) is 1. The van der Waals surface area contributed by atoms with Crippen LogP contribution < -0.4 is 5.14 Å². The molecule has 0 aromatic heterocycles. The fraction of sp³-hybridized carbons (Fsp3) is 0.500. The number of hydrogen-bond donors (Lipinski definition) is 1. The molecule has 5 nitrogen and oxygen atoms in total. The number of piperidine rings is 1. The number of aryl methyl sites for hydroxylation is 1. The monoisotopic (exact) mass is 328 g/mol. The Bertz CT molecular complexity index is 717. The van der Waals surface area contributed by atoms with E-state index in [1.165, 1.54) is 12.5 Å². The first-order chi connectivity index (χ1) is 9.77. The SMILES string of the molecule is Cc1cc(C(=O)N2CC3CCC2C3)cc(S(N)(=O)=O)c1Cl. The van der Waals surface area contributed by atoms with Gasteiger partial charge >= 0.3 is 0 Å². The minimum atomic E-state index is -3.95. The summed E-state index contributed by atoms with van der Waals surface area (Å²) in [5.74, 6) is 0.455. The van der Waals surface area contributed by atoms with Crippen molar-refractivity contribution in [2.45, 2.75) is 37.1 Å². The fourth-order valence-electron chi connectivity index (χ4n) is 3.41. The number of fused-ring (bicyclic) bond motifs is 2. The topological polar surface area (TPSA) is 80.5 Å². The Kier molecular flexibility index (Phi) is 3.50. The minimum Gasteiger partial charge on any atom is -0.335 e. The molecule has 2 unspecified atom stereocenters. The van der Waals surface area contributed by atoms with E-state index in [2.05, 4.69) is 0 Å². The zero-order valence-corrected chi connectivity index (χ0v) is 13.2. The number of carbonyl (C=O) groups excluding carboxylic acids is 1. The molecule has 2 fully saturated rings. The first-order valence-corrected chi connectivity index (χ1v) is 8.83. The van der Waals surface area contributed by atoms with E-state index < -0.39 is 10.0 Å². The Labute approximate surface area is 129 Å². The summed E-state index contributed by atoms with van der Waals surface area (Å²) in [5, 5.41) is 5.25. The lowest BCUT2D eigenvalue weighted by atomic mass is 10.1. The van der Waals surface area contributed by atoms with Gasteiger partial charge in [-0.3, -0.25) is 4.79 Å². The number of nitrogens with two attached hydrogens (primary N) is 1. The molecule has 0 radical (unpaired) electrons. The van der Waals surface area contributed by atoms with Gasteiger partial charge in [-0.15, -0.1) is 0 Å². The van der Waals surface area contributed by atoms with Crippen molar-refractivity contribution in [3.05, 3.63) is 28.3 Å². The zero-order valence-electron chi connectivity index (χ0n) is 11.7. The van der Waals surface area contributed by atoms with Crippen LogP contribution in [0.3, 0.4) is 0 Å². The van der Waals surface area contributed by atoms with Crippen molar-refractivity contribution in [1.82, 2.24) is 4.90 Å². The molecule has 1 aliphatic carbocycles. The third-order valence-electron chi connectivity index (χ3n) is 4.44. The standard InChI is InChI=1S/C14H17ClN2O3S/c1-8-4-10(6-12(13(8)15)21(16,19)20)14(18)17-7-9-2-3-11(17)5-9/h4,6,9,11H,2-3,5,7H2,1H3,(H2,16,19,20).